The van der Waals surface area contributed by atoms with Crippen molar-refractivity contribution in [1.82, 2.24) is 0 Å². The summed E-state index contributed by atoms with van der Waals surface area (Å²) in [5.41, 5.74) is 0. The third-order valence-electron chi connectivity index (χ3n) is 1.71. The fraction of sp³-hybridized carbons (Fsp3) is 0.333. The van der Waals surface area contributed by atoms with Crippen molar-refractivity contribution in [1.29, 1.82) is 0 Å². The lowest BCUT2D eigenvalue weighted by Crippen LogP contribution is -2.14. The Morgan fingerprint density at radius 3 is 2.58 bits per heavy atom. The van der Waals surface area contributed by atoms with Crippen LogP contribution in [0.3, 0.4) is 0 Å². The van der Waals surface area contributed by atoms with E-state index in [-0.39, 0.29) is 37.3 Å². The fourth-order valence-corrected chi connectivity index (χ4v) is 2.53. The quantitative estimate of drug-likeness (QED) is 0.736. The molecule has 0 amide bonds. The van der Waals surface area contributed by atoms with Gasteiger partial charge in [0.1, 0.15) is 0 Å². The summed E-state index contributed by atoms with van der Waals surface area (Å²) in [6, 6.07) is 8.32. The van der Waals surface area contributed by atoms with Crippen LogP contribution in [0.15, 0.2) is 24.3 Å². The van der Waals surface area contributed by atoms with Gasteiger partial charge < -0.3 is 4.74 Å². The molecule has 0 aliphatic rings. The molecule has 1 aromatic carbocycles. The summed E-state index contributed by atoms with van der Waals surface area (Å²) >= 11 is -0.0659. The van der Waals surface area contributed by atoms with Crippen LogP contribution in [0.2, 0.25) is 4.55 Å². The highest BCUT2D eigenvalue weighted by molar-refractivity contribution is 8.93. The van der Waals surface area contributed by atoms with Crippen molar-refractivity contribution in [2.24, 2.45) is 0 Å². The topological polar surface area (TPSA) is 9.23 Å². The third kappa shape index (κ3) is 3.33. The average molecular weight is 241 g/mol. The number of hydrogen-bond acceptors (Lipinski definition) is 1. The molecule has 1 aromatic rings. The van der Waals surface area contributed by atoms with Gasteiger partial charge in [0.2, 0.25) is 0 Å². The Balaban J connectivity index is 0.00000121. The summed E-state index contributed by atoms with van der Waals surface area (Å²) in [6.07, 6.45) is 0. The van der Waals surface area contributed by atoms with Crippen LogP contribution in [0.1, 0.15) is 6.92 Å². The highest BCUT2D eigenvalue weighted by Gasteiger charge is 2.01. The Hall–Kier alpha value is 0.266. The lowest BCUT2D eigenvalue weighted by molar-refractivity contribution is 0.418. The number of halogens is 1. The molecule has 3 heteroatoms. The van der Waals surface area contributed by atoms with E-state index in [1.54, 1.807) is 7.11 Å². The van der Waals surface area contributed by atoms with Crippen molar-refractivity contribution in [2.45, 2.75) is 11.5 Å². The van der Waals surface area contributed by atoms with Gasteiger partial charge in [-0.05, 0) is 6.07 Å². The minimum Gasteiger partial charge on any atom is -0.499 e. The molecule has 0 saturated heterocycles. The van der Waals surface area contributed by atoms with E-state index in [2.05, 4.69) is 19.1 Å². The number of methoxy groups -OCH3 is 1. The van der Waals surface area contributed by atoms with Crippen LogP contribution < -0.4 is 8.43 Å². The van der Waals surface area contributed by atoms with Crippen LogP contribution in [0.4, 0.5) is 0 Å². The summed E-state index contributed by atoms with van der Waals surface area (Å²) in [5, 5.41) is 0. The molecule has 0 spiro atoms. The van der Waals surface area contributed by atoms with Crippen molar-refractivity contribution < 1.29 is 4.74 Å². The lowest BCUT2D eigenvalue weighted by atomic mass is 10.3. The summed E-state index contributed by atoms with van der Waals surface area (Å²) in [6.45, 7) is 2.23. The molecule has 0 bridgehead atoms. The molecule has 1 nitrogen and oxygen atoms in total. The Kier molecular flexibility index (Phi) is 6.90. The highest BCUT2D eigenvalue weighted by Crippen LogP contribution is 2.04. The molecule has 0 N–H and O–H groups in total. The van der Waals surface area contributed by atoms with Gasteiger partial charge in [0.05, 0.1) is 12.9 Å². The van der Waals surface area contributed by atoms with Crippen molar-refractivity contribution in [3.63, 3.8) is 0 Å². The maximum Gasteiger partial charge on any atom is 0.414 e. The first-order chi connectivity index (χ1) is 5.38. The van der Waals surface area contributed by atoms with Gasteiger partial charge in [-0.25, -0.2) is 0 Å². The molecule has 0 aliphatic heterocycles. The normalized spacial score (nSPS) is 8.17. The Morgan fingerprint density at radius 2 is 2.00 bits per heavy atom. The Morgan fingerprint density at radius 1 is 1.33 bits per heavy atom. The molecule has 0 fully saturated rings. The van der Waals surface area contributed by atoms with Gasteiger partial charge in [-0.3, -0.25) is 0 Å². The van der Waals surface area contributed by atoms with Crippen LogP contribution in [-0.4, -0.2) is 27.5 Å². The molecule has 64 valence electrons. The minimum absolute atomic E-state index is 0. The van der Waals surface area contributed by atoms with Crippen molar-refractivity contribution in [3.05, 3.63) is 24.3 Å². The molecule has 0 radical (unpaired) electrons. The summed E-state index contributed by atoms with van der Waals surface area (Å²) in [5.74, 6) is 1.07. The predicted molar refractivity (Wildman–Crippen MR) is 59.2 cm³/mol. The SMILES string of the molecule is Br.C[CH2][Mg][c]1ccccc1OC. The van der Waals surface area contributed by atoms with E-state index in [0.29, 0.717) is 0 Å². The van der Waals surface area contributed by atoms with Gasteiger partial charge in [-0.2, -0.15) is 0 Å². The van der Waals surface area contributed by atoms with Crippen LogP contribution in [0.5, 0.6) is 5.75 Å². The minimum atomic E-state index is -0.0659. The monoisotopic (exact) mass is 240 g/mol. The molecule has 0 heterocycles. The summed E-state index contributed by atoms with van der Waals surface area (Å²) in [7, 11) is 1.74. The summed E-state index contributed by atoms with van der Waals surface area (Å²) < 4.78 is 7.98. The molecule has 12 heavy (non-hydrogen) atoms. The van der Waals surface area contributed by atoms with Crippen molar-refractivity contribution in [2.75, 3.05) is 7.11 Å². The van der Waals surface area contributed by atoms with Crippen molar-refractivity contribution in [3.8, 4) is 5.75 Å². The second-order valence-corrected chi connectivity index (χ2v) is 4.82. The molecule has 0 aliphatic carbocycles. The lowest BCUT2D eigenvalue weighted by Gasteiger charge is -2.05. The van der Waals surface area contributed by atoms with Gasteiger partial charge in [0.15, 0.2) is 0 Å². The van der Waals surface area contributed by atoms with Crippen LogP contribution in [0.25, 0.3) is 0 Å². The zero-order valence-electron chi connectivity index (χ0n) is 7.54. The number of rotatable bonds is 3. The zero-order valence-corrected chi connectivity index (χ0v) is 10.7. The van der Waals surface area contributed by atoms with E-state index in [1.807, 2.05) is 12.1 Å². The molecule has 0 atom stereocenters. The van der Waals surface area contributed by atoms with Gasteiger partial charge in [-0.1, -0.05) is 25.1 Å². The highest BCUT2D eigenvalue weighted by atomic mass is 79.9. The first kappa shape index (κ1) is 12.3. The maximum absolute atomic E-state index is 5.23. The number of hydrogen-bond donors (Lipinski definition) is 0. The first-order valence-corrected chi connectivity index (χ1v) is 5.71. The number of benzene rings is 1. The van der Waals surface area contributed by atoms with Crippen LogP contribution in [0, 0.1) is 0 Å². The zero-order chi connectivity index (χ0) is 8.10. The van der Waals surface area contributed by atoms with E-state index < -0.39 is 0 Å². The Bertz CT molecular complexity index is 228. The predicted octanol–water partition coefficient (Wildman–Crippen LogP) is 2.04. The molecule has 0 unspecified atom stereocenters. The third-order valence-corrected chi connectivity index (χ3v) is 3.33. The van der Waals surface area contributed by atoms with E-state index >= 15 is 0 Å². The second kappa shape index (κ2) is 6.75. The van der Waals surface area contributed by atoms with E-state index in [9.17, 15) is 0 Å². The van der Waals surface area contributed by atoms with Gasteiger partial charge in [0.25, 0.3) is 0 Å². The first-order valence-electron chi connectivity index (χ1n) is 4.00. The number of ether oxygens (including phenoxy) is 1. The second-order valence-electron chi connectivity index (χ2n) is 2.56. The molecular weight excluding hydrogens is 228 g/mol. The van der Waals surface area contributed by atoms with Crippen LogP contribution in [-0.2, 0) is 0 Å². The average Bonchev–Trinajstić information content (AvgIpc) is 2.06. The van der Waals surface area contributed by atoms with Crippen molar-refractivity contribution >= 4 is 41.0 Å². The van der Waals surface area contributed by atoms with Gasteiger partial charge >= 0.3 is 20.4 Å². The summed E-state index contributed by atoms with van der Waals surface area (Å²) in [4.78, 5) is 0. The smallest absolute Gasteiger partial charge is 0.414 e. The van der Waals surface area contributed by atoms with E-state index in [4.69, 9.17) is 4.74 Å². The number of para-hydroxylation sites is 1. The van der Waals surface area contributed by atoms with Gasteiger partial charge in [-0.15, -0.1) is 25.2 Å². The molecule has 0 aromatic heterocycles. The molecular formula is C9H13BrMgO. The maximum atomic E-state index is 5.23. The fourth-order valence-electron chi connectivity index (χ4n) is 1.18. The largest absolute Gasteiger partial charge is 0.499 e. The standard InChI is InChI=1S/C7H7O.C2H5.BrH.Mg/c1-8-7-5-3-2-4-6-7;1-2;;/h2-5H,1H3;1H2,2H3;1H;. The van der Waals surface area contributed by atoms with E-state index in [0.717, 1.165) is 5.75 Å². The van der Waals surface area contributed by atoms with Gasteiger partial charge in [0, 0.05) is 0 Å². The molecule has 1 rings (SSSR count). The van der Waals surface area contributed by atoms with Crippen LogP contribution >= 0.6 is 17.0 Å². The Labute approximate surface area is 94.0 Å². The molecule has 0 saturated carbocycles. The van der Waals surface area contributed by atoms with E-state index in [1.165, 1.54) is 8.24 Å².